The molecule has 3 fully saturated rings. The number of piperidine rings is 1. The number of halogens is 1. The second-order valence-electron chi connectivity index (χ2n) is 7.69. The Morgan fingerprint density at radius 1 is 1.32 bits per heavy atom. The molecule has 1 saturated carbocycles. The Balaban J connectivity index is 1.31. The number of cyclic esters (lactones) is 1. The van der Waals surface area contributed by atoms with Gasteiger partial charge in [0.1, 0.15) is 12.4 Å². The van der Waals surface area contributed by atoms with Gasteiger partial charge in [-0.15, -0.1) is 0 Å². The van der Waals surface area contributed by atoms with Gasteiger partial charge >= 0.3 is 6.09 Å². The van der Waals surface area contributed by atoms with Crippen molar-refractivity contribution >= 4 is 12.0 Å². The van der Waals surface area contributed by atoms with Gasteiger partial charge in [-0.2, -0.15) is 0 Å². The van der Waals surface area contributed by atoms with Crippen LogP contribution in [0.2, 0.25) is 0 Å². The lowest BCUT2D eigenvalue weighted by Crippen LogP contribution is -2.58. The van der Waals surface area contributed by atoms with Gasteiger partial charge in [0.25, 0.3) is 0 Å². The Morgan fingerprint density at radius 3 is 2.64 bits per heavy atom. The number of likely N-dealkylation sites (tertiary alicyclic amines) is 1. The van der Waals surface area contributed by atoms with Crippen molar-refractivity contribution in [2.24, 2.45) is 5.92 Å². The van der Waals surface area contributed by atoms with E-state index >= 15 is 0 Å². The predicted molar refractivity (Wildman–Crippen MR) is 89.6 cm³/mol. The van der Waals surface area contributed by atoms with Gasteiger partial charge in [-0.05, 0) is 55.7 Å². The summed E-state index contributed by atoms with van der Waals surface area (Å²) in [4.78, 5) is 25.8. The van der Waals surface area contributed by atoms with Crippen LogP contribution in [0.3, 0.4) is 0 Å². The van der Waals surface area contributed by atoms with Crippen molar-refractivity contribution in [1.29, 1.82) is 0 Å². The van der Waals surface area contributed by atoms with Crippen molar-refractivity contribution in [3.05, 3.63) is 35.1 Å². The van der Waals surface area contributed by atoms with E-state index in [-0.39, 0.29) is 29.3 Å². The Morgan fingerprint density at radius 2 is 2.04 bits per heavy atom. The Hall–Kier alpha value is -2.11. The van der Waals surface area contributed by atoms with Crippen molar-refractivity contribution in [3.8, 4) is 0 Å². The van der Waals surface area contributed by atoms with Crippen LogP contribution in [0.5, 0.6) is 0 Å². The number of carbonyl (C=O) groups excluding carboxylic acids is 2. The van der Waals surface area contributed by atoms with Gasteiger partial charge in [-0.3, -0.25) is 4.79 Å². The monoisotopic (exact) mass is 346 g/mol. The average molecular weight is 346 g/mol. The average Bonchev–Trinajstić information content (AvgIpc) is 2.98. The fourth-order valence-electron chi connectivity index (χ4n) is 4.32. The summed E-state index contributed by atoms with van der Waals surface area (Å²) >= 11 is 0. The maximum atomic E-state index is 13.8. The van der Waals surface area contributed by atoms with Gasteiger partial charge in [0.05, 0.1) is 5.54 Å². The molecule has 134 valence electrons. The molecule has 6 heteroatoms. The van der Waals surface area contributed by atoms with E-state index in [0.717, 1.165) is 18.4 Å². The summed E-state index contributed by atoms with van der Waals surface area (Å²) in [6, 6.07) is 5.46. The normalized spacial score (nSPS) is 29.3. The molecule has 0 unspecified atom stereocenters. The molecule has 4 rings (SSSR count). The minimum absolute atomic E-state index is 0.0182. The first-order chi connectivity index (χ1) is 12.0. The summed E-state index contributed by atoms with van der Waals surface area (Å²) in [6.45, 7) is 3.57. The SMILES string of the molecule is Cc1ccc(C2CCN(C(=O)C3CC4(COC(=O)N4)C3)CC2)cc1F. The fourth-order valence-corrected chi connectivity index (χ4v) is 4.32. The molecule has 1 N–H and O–H groups in total. The van der Waals surface area contributed by atoms with Crippen molar-refractivity contribution in [2.75, 3.05) is 19.7 Å². The third-order valence-corrected chi connectivity index (χ3v) is 5.94. The highest BCUT2D eigenvalue weighted by Crippen LogP contribution is 2.42. The van der Waals surface area contributed by atoms with Crippen LogP contribution >= 0.6 is 0 Å². The molecule has 1 spiro atoms. The third-order valence-electron chi connectivity index (χ3n) is 5.94. The molecule has 1 aromatic rings. The number of hydrogen-bond acceptors (Lipinski definition) is 3. The highest BCUT2D eigenvalue weighted by Gasteiger charge is 2.53. The number of ether oxygens (including phenoxy) is 1. The zero-order valence-electron chi connectivity index (χ0n) is 14.4. The lowest BCUT2D eigenvalue weighted by Gasteiger charge is -2.45. The summed E-state index contributed by atoms with van der Waals surface area (Å²) in [5, 5.41) is 2.83. The molecule has 2 heterocycles. The van der Waals surface area contributed by atoms with Crippen LogP contribution in [0.25, 0.3) is 0 Å². The van der Waals surface area contributed by atoms with E-state index in [1.165, 1.54) is 0 Å². The first-order valence-corrected chi connectivity index (χ1v) is 8.96. The molecular formula is C19H23FN2O3. The first-order valence-electron chi connectivity index (χ1n) is 8.96. The van der Waals surface area contributed by atoms with E-state index in [2.05, 4.69) is 5.32 Å². The van der Waals surface area contributed by atoms with E-state index in [4.69, 9.17) is 4.74 Å². The quantitative estimate of drug-likeness (QED) is 0.896. The summed E-state index contributed by atoms with van der Waals surface area (Å²) in [5.41, 5.74) is 1.39. The van der Waals surface area contributed by atoms with E-state index in [1.807, 2.05) is 17.0 Å². The molecular weight excluding hydrogens is 323 g/mol. The van der Waals surface area contributed by atoms with Crippen LogP contribution in [0.4, 0.5) is 9.18 Å². The van der Waals surface area contributed by atoms with Gasteiger partial charge in [0.2, 0.25) is 5.91 Å². The molecule has 0 atom stereocenters. The molecule has 0 bridgehead atoms. The van der Waals surface area contributed by atoms with E-state index in [1.54, 1.807) is 13.0 Å². The van der Waals surface area contributed by atoms with Crippen LogP contribution in [0.15, 0.2) is 18.2 Å². The lowest BCUT2D eigenvalue weighted by molar-refractivity contribution is -0.142. The van der Waals surface area contributed by atoms with Gasteiger partial charge in [0, 0.05) is 19.0 Å². The number of aryl methyl sites for hydroxylation is 1. The summed E-state index contributed by atoms with van der Waals surface area (Å²) in [7, 11) is 0. The largest absolute Gasteiger partial charge is 0.447 e. The summed E-state index contributed by atoms with van der Waals surface area (Å²) in [5.74, 6) is 0.321. The highest BCUT2D eigenvalue weighted by atomic mass is 19.1. The fraction of sp³-hybridized carbons (Fsp3) is 0.579. The standard InChI is InChI=1S/C19H23FN2O3/c1-12-2-3-14(8-16(12)20)13-4-6-22(7-5-13)17(23)15-9-19(10-15)11-25-18(24)21-19/h2-3,8,13,15H,4-7,9-11H2,1H3,(H,21,24). The van der Waals surface area contributed by atoms with E-state index in [9.17, 15) is 14.0 Å². The van der Waals surface area contributed by atoms with E-state index in [0.29, 0.717) is 44.0 Å². The predicted octanol–water partition coefficient (Wildman–Crippen LogP) is 2.73. The number of hydrogen-bond donors (Lipinski definition) is 1. The molecule has 1 aliphatic carbocycles. The second-order valence-corrected chi connectivity index (χ2v) is 7.69. The molecule has 5 nitrogen and oxygen atoms in total. The van der Waals surface area contributed by atoms with Crippen molar-refractivity contribution < 1.29 is 18.7 Å². The lowest BCUT2D eigenvalue weighted by atomic mass is 9.68. The Kier molecular flexibility index (Phi) is 3.93. The number of nitrogens with zero attached hydrogens (tertiary/aromatic N) is 1. The number of amides is 2. The molecule has 0 aromatic heterocycles. The van der Waals surface area contributed by atoms with Crippen LogP contribution in [0.1, 0.15) is 42.7 Å². The van der Waals surface area contributed by atoms with Crippen LogP contribution in [0, 0.1) is 18.7 Å². The number of benzene rings is 1. The van der Waals surface area contributed by atoms with Gasteiger partial charge in [0.15, 0.2) is 0 Å². The number of carbonyl (C=O) groups is 2. The van der Waals surface area contributed by atoms with Crippen LogP contribution < -0.4 is 5.32 Å². The minimum Gasteiger partial charge on any atom is -0.447 e. The highest BCUT2D eigenvalue weighted by molar-refractivity contribution is 5.81. The molecule has 1 aromatic carbocycles. The molecule has 25 heavy (non-hydrogen) atoms. The topological polar surface area (TPSA) is 58.6 Å². The van der Waals surface area contributed by atoms with Gasteiger partial charge < -0.3 is 15.0 Å². The Labute approximate surface area is 146 Å². The van der Waals surface area contributed by atoms with E-state index < -0.39 is 0 Å². The molecule has 2 amide bonds. The van der Waals surface area contributed by atoms with Crippen molar-refractivity contribution in [1.82, 2.24) is 10.2 Å². The summed E-state index contributed by atoms with van der Waals surface area (Å²) < 4.78 is 18.7. The number of rotatable bonds is 2. The van der Waals surface area contributed by atoms with Crippen molar-refractivity contribution in [3.63, 3.8) is 0 Å². The maximum Gasteiger partial charge on any atom is 0.407 e. The number of nitrogens with one attached hydrogen (secondary N) is 1. The summed E-state index contributed by atoms with van der Waals surface area (Å²) in [6.07, 6.45) is 2.69. The van der Waals surface area contributed by atoms with Crippen LogP contribution in [-0.4, -0.2) is 42.1 Å². The molecule has 0 radical (unpaired) electrons. The third kappa shape index (κ3) is 2.98. The number of alkyl carbamates (subject to hydrolysis) is 1. The van der Waals surface area contributed by atoms with Gasteiger partial charge in [-0.1, -0.05) is 12.1 Å². The van der Waals surface area contributed by atoms with Crippen LogP contribution in [-0.2, 0) is 9.53 Å². The zero-order chi connectivity index (χ0) is 17.6. The smallest absolute Gasteiger partial charge is 0.407 e. The molecule has 2 aliphatic heterocycles. The zero-order valence-corrected chi connectivity index (χ0v) is 14.4. The second kappa shape index (κ2) is 6.00. The Bertz CT molecular complexity index is 707. The van der Waals surface area contributed by atoms with Gasteiger partial charge in [-0.25, -0.2) is 9.18 Å². The maximum absolute atomic E-state index is 13.8. The first kappa shape index (κ1) is 16.4. The molecule has 2 saturated heterocycles. The van der Waals surface area contributed by atoms with Crippen molar-refractivity contribution in [2.45, 2.75) is 44.1 Å². The molecule has 3 aliphatic rings. The minimum atomic E-state index is -0.378.